The summed E-state index contributed by atoms with van der Waals surface area (Å²) in [6.45, 7) is 8.31. The van der Waals surface area contributed by atoms with E-state index in [1.54, 1.807) is 0 Å². The maximum atomic E-state index is 11.4. The maximum Gasteiger partial charge on any atom is 0.245 e. The van der Waals surface area contributed by atoms with E-state index >= 15 is 0 Å². The molecule has 2 atom stereocenters. The number of unbranched alkanes of at least 4 members (excludes halogenated alkanes) is 4. The number of rotatable bonds is 8. The maximum absolute atomic E-state index is 11.4. The molecule has 0 fully saturated rings. The molecule has 21 heavy (non-hydrogen) atoms. The molecule has 118 valence electrons. The van der Waals surface area contributed by atoms with Gasteiger partial charge in [0.2, 0.25) is 5.91 Å². The van der Waals surface area contributed by atoms with E-state index in [0.717, 1.165) is 11.3 Å². The zero-order valence-electron chi connectivity index (χ0n) is 14.2. The van der Waals surface area contributed by atoms with Gasteiger partial charge in [0.15, 0.2) is 0 Å². The molecule has 0 spiro atoms. The Kier molecular flexibility index (Phi) is 8.26. The second kappa shape index (κ2) is 9.70. The lowest BCUT2D eigenvalue weighted by Gasteiger charge is -2.23. The molecule has 0 saturated carbocycles. The third-order valence-electron chi connectivity index (χ3n) is 4.29. The number of hydrogen-bond donors (Lipinski definition) is 0. The molecule has 0 heterocycles. The quantitative estimate of drug-likeness (QED) is 0.429. The molecular weight excluding hydrogens is 258 g/mol. The van der Waals surface area contributed by atoms with Gasteiger partial charge in [0, 0.05) is 12.1 Å². The molecule has 1 amide bonds. The van der Waals surface area contributed by atoms with E-state index in [1.165, 1.54) is 38.5 Å². The van der Waals surface area contributed by atoms with Crippen LogP contribution in [0.25, 0.3) is 0 Å². The van der Waals surface area contributed by atoms with Crippen LogP contribution in [0.2, 0.25) is 0 Å². The number of amides is 1. The van der Waals surface area contributed by atoms with E-state index < -0.39 is 0 Å². The first-order valence-electron chi connectivity index (χ1n) is 8.57. The van der Waals surface area contributed by atoms with Crippen molar-refractivity contribution in [1.82, 2.24) is 0 Å². The molecule has 0 bridgehead atoms. The van der Waals surface area contributed by atoms with E-state index in [2.05, 4.69) is 37.1 Å². The number of allylic oxidation sites excluding steroid dienone is 4. The molecule has 2 heteroatoms. The van der Waals surface area contributed by atoms with E-state index in [1.807, 2.05) is 13.8 Å². The van der Waals surface area contributed by atoms with Gasteiger partial charge in [-0.2, -0.15) is 0 Å². The SMILES string of the molecule is CCCCCCCC1C=CC(C(C)=NC(=O)CC)=CC1C. The Bertz CT molecular complexity index is 417. The fourth-order valence-electron chi connectivity index (χ4n) is 2.78. The van der Waals surface area contributed by atoms with Crippen molar-refractivity contribution >= 4 is 11.6 Å². The summed E-state index contributed by atoms with van der Waals surface area (Å²) < 4.78 is 0. The van der Waals surface area contributed by atoms with Crippen LogP contribution in [0.4, 0.5) is 0 Å². The topological polar surface area (TPSA) is 29.4 Å². The van der Waals surface area contributed by atoms with Crippen molar-refractivity contribution in [3.05, 3.63) is 23.8 Å². The predicted molar refractivity (Wildman–Crippen MR) is 91.7 cm³/mol. The summed E-state index contributed by atoms with van der Waals surface area (Å²) in [4.78, 5) is 15.5. The molecule has 0 radical (unpaired) electrons. The normalized spacial score (nSPS) is 22.3. The van der Waals surface area contributed by atoms with E-state index in [9.17, 15) is 4.79 Å². The van der Waals surface area contributed by atoms with Crippen molar-refractivity contribution in [3.8, 4) is 0 Å². The summed E-state index contributed by atoms with van der Waals surface area (Å²) >= 11 is 0. The molecule has 2 unspecified atom stereocenters. The first kappa shape index (κ1) is 17.9. The second-order valence-electron chi connectivity index (χ2n) is 6.15. The van der Waals surface area contributed by atoms with Crippen LogP contribution in [0.5, 0.6) is 0 Å². The summed E-state index contributed by atoms with van der Waals surface area (Å²) in [6.07, 6.45) is 15.2. The minimum Gasteiger partial charge on any atom is -0.273 e. The first-order chi connectivity index (χ1) is 10.1. The third-order valence-corrected chi connectivity index (χ3v) is 4.29. The number of hydrogen-bond acceptors (Lipinski definition) is 1. The monoisotopic (exact) mass is 289 g/mol. The van der Waals surface area contributed by atoms with Gasteiger partial charge in [-0.15, -0.1) is 0 Å². The van der Waals surface area contributed by atoms with Gasteiger partial charge in [0.1, 0.15) is 0 Å². The van der Waals surface area contributed by atoms with E-state index in [-0.39, 0.29) is 5.91 Å². The number of carbonyl (C=O) groups excluding carboxylic acids is 1. The van der Waals surface area contributed by atoms with Crippen molar-refractivity contribution in [1.29, 1.82) is 0 Å². The van der Waals surface area contributed by atoms with Crippen LogP contribution in [0.1, 0.15) is 72.6 Å². The minimum atomic E-state index is -0.0347. The Balaban J connectivity index is 2.47. The molecule has 0 N–H and O–H groups in total. The van der Waals surface area contributed by atoms with Gasteiger partial charge in [-0.1, -0.05) is 71.1 Å². The lowest BCUT2D eigenvalue weighted by atomic mass is 9.83. The van der Waals surface area contributed by atoms with Crippen molar-refractivity contribution < 1.29 is 4.79 Å². The van der Waals surface area contributed by atoms with E-state index in [0.29, 0.717) is 18.3 Å². The van der Waals surface area contributed by atoms with Crippen molar-refractivity contribution in [2.75, 3.05) is 0 Å². The van der Waals surface area contributed by atoms with Gasteiger partial charge in [-0.3, -0.25) is 4.79 Å². The van der Waals surface area contributed by atoms with Gasteiger partial charge in [0.25, 0.3) is 0 Å². The zero-order chi connectivity index (χ0) is 15.7. The average Bonchev–Trinajstić information content (AvgIpc) is 2.48. The lowest BCUT2D eigenvalue weighted by molar-refractivity contribution is -0.117. The molecule has 0 saturated heterocycles. The molecule has 1 aliphatic rings. The summed E-state index contributed by atoms with van der Waals surface area (Å²) in [5, 5.41) is 0. The lowest BCUT2D eigenvalue weighted by Crippen LogP contribution is -2.14. The molecule has 0 aromatic heterocycles. The molecular formula is C19H31NO. The first-order valence-corrected chi connectivity index (χ1v) is 8.57. The van der Waals surface area contributed by atoms with Gasteiger partial charge in [0.05, 0.1) is 0 Å². The van der Waals surface area contributed by atoms with Gasteiger partial charge in [-0.05, 0) is 30.8 Å². The van der Waals surface area contributed by atoms with Crippen molar-refractivity contribution in [2.24, 2.45) is 16.8 Å². The number of aliphatic imine (C=N–C) groups is 1. The Morgan fingerprint density at radius 3 is 2.52 bits per heavy atom. The highest BCUT2D eigenvalue weighted by Gasteiger charge is 2.17. The zero-order valence-corrected chi connectivity index (χ0v) is 14.2. The fraction of sp³-hybridized carbons (Fsp3) is 0.684. The van der Waals surface area contributed by atoms with Crippen molar-refractivity contribution in [3.63, 3.8) is 0 Å². The standard InChI is InChI=1S/C19H31NO/c1-5-7-8-9-10-11-17-12-13-18(14-15(17)3)16(4)20-19(21)6-2/h12-15,17H,5-11H2,1-4H3. The second-order valence-corrected chi connectivity index (χ2v) is 6.15. The Morgan fingerprint density at radius 1 is 1.19 bits per heavy atom. The van der Waals surface area contributed by atoms with Crippen LogP contribution >= 0.6 is 0 Å². The van der Waals surface area contributed by atoms with Crippen LogP contribution in [0.3, 0.4) is 0 Å². The molecule has 1 aliphatic carbocycles. The van der Waals surface area contributed by atoms with Crippen LogP contribution in [0, 0.1) is 11.8 Å². The third kappa shape index (κ3) is 6.41. The van der Waals surface area contributed by atoms with Crippen LogP contribution in [-0.2, 0) is 4.79 Å². The molecule has 0 aromatic carbocycles. The molecule has 1 rings (SSSR count). The summed E-state index contributed by atoms with van der Waals surface area (Å²) in [5.74, 6) is 1.15. The smallest absolute Gasteiger partial charge is 0.245 e. The Morgan fingerprint density at radius 2 is 1.90 bits per heavy atom. The highest BCUT2D eigenvalue weighted by atomic mass is 16.1. The van der Waals surface area contributed by atoms with Gasteiger partial charge < -0.3 is 0 Å². The summed E-state index contributed by atoms with van der Waals surface area (Å²) in [5.41, 5.74) is 1.97. The average molecular weight is 289 g/mol. The Hall–Kier alpha value is -1.18. The van der Waals surface area contributed by atoms with E-state index in [4.69, 9.17) is 0 Å². The van der Waals surface area contributed by atoms with Gasteiger partial charge in [-0.25, -0.2) is 4.99 Å². The van der Waals surface area contributed by atoms with Gasteiger partial charge >= 0.3 is 0 Å². The number of nitrogens with zero attached hydrogens (tertiary/aromatic N) is 1. The number of carbonyl (C=O) groups is 1. The predicted octanol–water partition coefficient (Wildman–Crippen LogP) is 5.49. The highest BCUT2D eigenvalue weighted by Crippen LogP contribution is 2.28. The Labute approximate surface area is 130 Å². The largest absolute Gasteiger partial charge is 0.273 e. The van der Waals surface area contributed by atoms with Crippen LogP contribution in [-0.4, -0.2) is 11.6 Å². The van der Waals surface area contributed by atoms with Crippen LogP contribution in [0.15, 0.2) is 28.8 Å². The minimum absolute atomic E-state index is 0.0347. The molecule has 0 aromatic rings. The highest BCUT2D eigenvalue weighted by molar-refractivity contribution is 6.06. The molecule has 2 nitrogen and oxygen atoms in total. The summed E-state index contributed by atoms with van der Waals surface area (Å²) in [6, 6.07) is 0. The molecule has 0 aliphatic heterocycles. The fourth-order valence-corrected chi connectivity index (χ4v) is 2.78. The summed E-state index contributed by atoms with van der Waals surface area (Å²) in [7, 11) is 0. The van der Waals surface area contributed by atoms with Crippen LogP contribution < -0.4 is 0 Å². The van der Waals surface area contributed by atoms with Crippen molar-refractivity contribution in [2.45, 2.75) is 72.6 Å².